The summed E-state index contributed by atoms with van der Waals surface area (Å²) in [7, 11) is 0. The van der Waals surface area contributed by atoms with Gasteiger partial charge < -0.3 is 0 Å². The van der Waals surface area contributed by atoms with E-state index < -0.39 is 0 Å². The minimum Gasteiger partial charge on any atom is -0.300 e. The first-order valence-corrected chi connectivity index (χ1v) is 4.97. The second-order valence-electron chi connectivity index (χ2n) is 3.70. The Morgan fingerprint density at radius 1 is 0.833 bits per heavy atom. The molecule has 1 aliphatic carbocycles. The Morgan fingerprint density at radius 2 is 1.25 bits per heavy atom. The minimum atomic E-state index is 0.461. The number of hydrogen-bond donors (Lipinski definition) is 0. The van der Waals surface area contributed by atoms with Crippen LogP contribution in [-0.2, 0) is 4.79 Å². The zero-order chi connectivity index (χ0) is 8.81. The van der Waals surface area contributed by atoms with Gasteiger partial charge in [0.05, 0.1) is 0 Å². The number of carbonyl (C=O) groups excluding carboxylic acids is 1. The third-order valence-electron chi connectivity index (χ3n) is 2.47. The Hall–Kier alpha value is -0.590. The van der Waals surface area contributed by atoms with Gasteiger partial charge in [-0.2, -0.15) is 0 Å². The molecule has 0 radical (unpaired) electrons. The fraction of sp³-hybridized carbons (Fsp3) is 0.727. The van der Waals surface area contributed by atoms with Gasteiger partial charge in [0, 0.05) is 12.8 Å². The number of allylic oxidation sites excluding steroid dienone is 1. The molecule has 0 heterocycles. The summed E-state index contributed by atoms with van der Waals surface area (Å²) in [5.41, 5.74) is 1.38. The molecule has 1 heteroatoms. The van der Waals surface area contributed by atoms with Crippen LogP contribution in [0.1, 0.15) is 51.4 Å². The Balaban J connectivity index is 2.29. The summed E-state index contributed by atoms with van der Waals surface area (Å²) in [4.78, 5) is 11.2. The summed E-state index contributed by atoms with van der Waals surface area (Å²) in [5, 5.41) is 0. The molecule has 0 bridgehead atoms. The molecule has 1 fully saturated rings. The number of ketones is 1. The van der Waals surface area contributed by atoms with Crippen molar-refractivity contribution < 1.29 is 4.79 Å². The molecule has 12 heavy (non-hydrogen) atoms. The van der Waals surface area contributed by atoms with Crippen molar-refractivity contribution in [3.05, 3.63) is 12.2 Å². The van der Waals surface area contributed by atoms with E-state index in [4.69, 9.17) is 0 Å². The van der Waals surface area contributed by atoms with Gasteiger partial charge in [-0.1, -0.05) is 12.2 Å². The normalized spacial score (nSPS) is 22.3. The second-order valence-corrected chi connectivity index (χ2v) is 3.70. The molecule has 0 amide bonds. The van der Waals surface area contributed by atoms with Crippen LogP contribution < -0.4 is 0 Å². The van der Waals surface area contributed by atoms with Crippen LogP contribution in [-0.4, -0.2) is 5.78 Å². The zero-order valence-electron chi connectivity index (χ0n) is 7.77. The molecule has 0 aromatic rings. The quantitative estimate of drug-likeness (QED) is 0.505. The van der Waals surface area contributed by atoms with Gasteiger partial charge in [-0.25, -0.2) is 0 Å². The lowest BCUT2D eigenvalue weighted by Gasteiger charge is -2.08. The van der Waals surface area contributed by atoms with Gasteiger partial charge in [0.25, 0.3) is 0 Å². The maximum atomic E-state index is 11.2. The molecule has 0 atom stereocenters. The SMILES string of the molecule is C=C1CCCCC(=O)CCCC1. The molecule has 0 aromatic carbocycles. The molecule has 0 aromatic heterocycles. The van der Waals surface area contributed by atoms with Gasteiger partial charge in [0.15, 0.2) is 0 Å². The van der Waals surface area contributed by atoms with E-state index in [-0.39, 0.29) is 0 Å². The van der Waals surface area contributed by atoms with Crippen LogP contribution in [0.15, 0.2) is 12.2 Å². The molecule has 68 valence electrons. The molecular formula is C11H18O. The van der Waals surface area contributed by atoms with Crippen molar-refractivity contribution in [1.82, 2.24) is 0 Å². The predicted octanol–water partition coefficient (Wildman–Crippen LogP) is 3.25. The highest BCUT2D eigenvalue weighted by Gasteiger charge is 2.05. The molecule has 1 rings (SSSR count). The topological polar surface area (TPSA) is 17.1 Å². The van der Waals surface area contributed by atoms with Crippen molar-refractivity contribution in [3.8, 4) is 0 Å². The van der Waals surface area contributed by atoms with Crippen molar-refractivity contribution in [2.45, 2.75) is 51.4 Å². The summed E-state index contributed by atoms with van der Waals surface area (Å²) in [6.07, 6.45) is 8.31. The highest BCUT2D eigenvalue weighted by Crippen LogP contribution is 2.17. The van der Waals surface area contributed by atoms with Crippen LogP contribution in [0.3, 0.4) is 0 Å². The van der Waals surface area contributed by atoms with E-state index in [1.165, 1.54) is 5.57 Å². The standard InChI is InChI=1S/C11H18O/c1-10-6-2-4-8-11(12)9-5-3-7-10/h1-9H2. The summed E-state index contributed by atoms with van der Waals surface area (Å²) < 4.78 is 0. The fourth-order valence-electron chi connectivity index (χ4n) is 1.64. The van der Waals surface area contributed by atoms with Crippen molar-refractivity contribution in [1.29, 1.82) is 0 Å². The van der Waals surface area contributed by atoms with E-state index in [1.54, 1.807) is 0 Å². The largest absolute Gasteiger partial charge is 0.300 e. The minimum absolute atomic E-state index is 0.461. The van der Waals surface area contributed by atoms with E-state index in [0.29, 0.717) is 5.78 Å². The Kier molecular flexibility index (Phi) is 4.06. The summed E-state index contributed by atoms with van der Waals surface area (Å²) in [6, 6.07) is 0. The number of carbonyl (C=O) groups is 1. The maximum Gasteiger partial charge on any atom is 0.132 e. The van der Waals surface area contributed by atoms with Gasteiger partial charge in [0.2, 0.25) is 0 Å². The highest BCUT2D eigenvalue weighted by atomic mass is 16.1. The molecule has 1 saturated carbocycles. The molecule has 0 aliphatic heterocycles. The number of Topliss-reactive ketones (excluding diaryl/α,β-unsaturated/α-hetero) is 1. The summed E-state index contributed by atoms with van der Waals surface area (Å²) >= 11 is 0. The van der Waals surface area contributed by atoms with E-state index in [2.05, 4.69) is 6.58 Å². The number of rotatable bonds is 0. The molecule has 0 unspecified atom stereocenters. The van der Waals surface area contributed by atoms with Crippen molar-refractivity contribution in [2.24, 2.45) is 0 Å². The average Bonchev–Trinajstić information content (AvgIpc) is 2.06. The number of hydrogen-bond acceptors (Lipinski definition) is 1. The lowest BCUT2D eigenvalue weighted by atomic mass is 9.97. The van der Waals surface area contributed by atoms with Crippen molar-refractivity contribution >= 4 is 5.78 Å². The van der Waals surface area contributed by atoms with Gasteiger partial charge in [-0.05, 0) is 38.5 Å². The van der Waals surface area contributed by atoms with Gasteiger partial charge in [-0.15, -0.1) is 0 Å². The zero-order valence-corrected chi connectivity index (χ0v) is 7.77. The van der Waals surface area contributed by atoms with Crippen LogP contribution >= 0.6 is 0 Å². The third kappa shape index (κ3) is 3.70. The van der Waals surface area contributed by atoms with Gasteiger partial charge in [-0.3, -0.25) is 4.79 Å². The third-order valence-corrected chi connectivity index (χ3v) is 2.47. The Bertz CT molecular complexity index is 134. The maximum absolute atomic E-state index is 11.2. The predicted molar refractivity (Wildman–Crippen MR) is 51.1 cm³/mol. The summed E-state index contributed by atoms with van der Waals surface area (Å²) in [5.74, 6) is 0.461. The summed E-state index contributed by atoms with van der Waals surface area (Å²) in [6.45, 7) is 4.02. The van der Waals surface area contributed by atoms with Crippen LogP contribution in [0, 0.1) is 0 Å². The average molecular weight is 166 g/mol. The Labute approximate surface area is 74.9 Å². The molecule has 0 spiro atoms. The van der Waals surface area contributed by atoms with Crippen LogP contribution in [0.4, 0.5) is 0 Å². The smallest absolute Gasteiger partial charge is 0.132 e. The molecular weight excluding hydrogens is 148 g/mol. The molecule has 0 N–H and O–H groups in total. The fourth-order valence-corrected chi connectivity index (χ4v) is 1.64. The van der Waals surface area contributed by atoms with E-state index in [0.717, 1.165) is 51.4 Å². The highest BCUT2D eigenvalue weighted by molar-refractivity contribution is 5.78. The monoisotopic (exact) mass is 166 g/mol. The lowest BCUT2D eigenvalue weighted by molar-refractivity contribution is -0.119. The van der Waals surface area contributed by atoms with Gasteiger partial charge in [0.1, 0.15) is 5.78 Å². The van der Waals surface area contributed by atoms with Crippen LogP contribution in [0.2, 0.25) is 0 Å². The van der Waals surface area contributed by atoms with Crippen LogP contribution in [0.25, 0.3) is 0 Å². The second kappa shape index (κ2) is 5.13. The van der Waals surface area contributed by atoms with E-state index in [1.807, 2.05) is 0 Å². The lowest BCUT2D eigenvalue weighted by Crippen LogP contribution is -1.99. The molecule has 1 aliphatic rings. The van der Waals surface area contributed by atoms with Crippen LogP contribution in [0.5, 0.6) is 0 Å². The first-order valence-electron chi connectivity index (χ1n) is 4.97. The van der Waals surface area contributed by atoms with E-state index in [9.17, 15) is 4.79 Å². The van der Waals surface area contributed by atoms with Crippen molar-refractivity contribution in [3.63, 3.8) is 0 Å². The van der Waals surface area contributed by atoms with E-state index >= 15 is 0 Å². The van der Waals surface area contributed by atoms with Gasteiger partial charge >= 0.3 is 0 Å². The molecule has 0 saturated heterocycles. The van der Waals surface area contributed by atoms with Crippen molar-refractivity contribution in [2.75, 3.05) is 0 Å². The first kappa shape index (κ1) is 9.50. The first-order chi connectivity index (χ1) is 5.79. The Morgan fingerprint density at radius 3 is 1.75 bits per heavy atom. The molecule has 1 nitrogen and oxygen atoms in total.